The van der Waals surface area contributed by atoms with Crippen molar-refractivity contribution >= 4 is 35.1 Å². The molecule has 0 N–H and O–H groups in total. The fourth-order valence-electron chi connectivity index (χ4n) is 3.62. The number of rotatable bonds is 3. The van der Waals surface area contributed by atoms with Gasteiger partial charge in [0.1, 0.15) is 0 Å². The summed E-state index contributed by atoms with van der Waals surface area (Å²) in [6.07, 6.45) is 4.51. The summed E-state index contributed by atoms with van der Waals surface area (Å²) in [4.78, 5) is 40.5. The first kappa shape index (κ1) is 18.7. The first-order chi connectivity index (χ1) is 12.5. The maximum Gasteiger partial charge on any atom is 0.337 e. The average molecular weight is 379 g/mol. The van der Waals surface area contributed by atoms with Crippen molar-refractivity contribution < 1.29 is 19.1 Å². The summed E-state index contributed by atoms with van der Waals surface area (Å²) in [6.45, 7) is 1.82. The van der Waals surface area contributed by atoms with Crippen LogP contribution in [0, 0.1) is 5.92 Å². The first-order valence-electron chi connectivity index (χ1n) is 8.98. The second kappa shape index (κ2) is 8.08. The van der Waals surface area contributed by atoms with Gasteiger partial charge in [0.25, 0.3) is 0 Å². The number of ether oxygens (including phenoxy) is 1. The number of anilines is 1. The number of hydrogen-bond donors (Lipinski definition) is 0. The van der Waals surface area contributed by atoms with E-state index >= 15 is 0 Å². The Morgan fingerprint density at radius 2 is 1.85 bits per heavy atom. The number of hydrogen-bond acceptors (Lipinski definition) is 4. The minimum atomic E-state index is -0.494. The Kier molecular flexibility index (Phi) is 5.81. The number of carbonyl (C=O) groups excluding carboxylic acids is 3. The Hall–Kier alpha value is -2.08. The van der Waals surface area contributed by atoms with E-state index in [0.29, 0.717) is 22.8 Å². The van der Waals surface area contributed by atoms with E-state index in [1.54, 1.807) is 18.2 Å². The summed E-state index contributed by atoms with van der Waals surface area (Å²) in [5.41, 5.74) is 0.771. The zero-order chi connectivity index (χ0) is 18.7. The van der Waals surface area contributed by atoms with Gasteiger partial charge in [-0.05, 0) is 31.0 Å². The van der Waals surface area contributed by atoms with Crippen LogP contribution in [0.4, 0.5) is 5.69 Å². The molecular weight excluding hydrogens is 356 g/mol. The van der Waals surface area contributed by atoms with Gasteiger partial charge in [-0.1, -0.05) is 24.4 Å². The van der Waals surface area contributed by atoms with Gasteiger partial charge in [0.2, 0.25) is 11.8 Å². The van der Waals surface area contributed by atoms with Crippen LogP contribution in [0.3, 0.4) is 0 Å². The maximum atomic E-state index is 12.8. The highest BCUT2D eigenvalue weighted by Crippen LogP contribution is 2.33. The highest BCUT2D eigenvalue weighted by Gasteiger charge is 2.38. The van der Waals surface area contributed by atoms with Crippen molar-refractivity contribution in [2.75, 3.05) is 31.6 Å². The van der Waals surface area contributed by atoms with Gasteiger partial charge >= 0.3 is 5.97 Å². The van der Waals surface area contributed by atoms with E-state index in [4.69, 9.17) is 16.3 Å². The lowest BCUT2D eigenvalue weighted by Gasteiger charge is -2.24. The number of amides is 2. The minimum Gasteiger partial charge on any atom is -0.465 e. The van der Waals surface area contributed by atoms with E-state index in [9.17, 15) is 14.4 Å². The molecule has 7 heteroatoms. The van der Waals surface area contributed by atoms with E-state index in [1.165, 1.54) is 12.0 Å². The number of esters is 1. The molecule has 2 saturated heterocycles. The third kappa shape index (κ3) is 3.85. The smallest absolute Gasteiger partial charge is 0.337 e. The molecule has 2 aliphatic rings. The van der Waals surface area contributed by atoms with Crippen LogP contribution in [-0.4, -0.2) is 49.4 Å². The molecular formula is C19H23ClN2O4. The summed E-state index contributed by atoms with van der Waals surface area (Å²) in [6, 6.07) is 4.67. The zero-order valence-electron chi connectivity index (χ0n) is 14.9. The van der Waals surface area contributed by atoms with Gasteiger partial charge in [-0.3, -0.25) is 9.59 Å². The Balaban J connectivity index is 1.77. The molecule has 3 rings (SSSR count). The van der Waals surface area contributed by atoms with Crippen molar-refractivity contribution in [3.8, 4) is 0 Å². The molecule has 0 spiro atoms. The van der Waals surface area contributed by atoms with Gasteiger partial charge in [0.05, 0.1) is 29.3 Å². The second-order valence-corrected chi connectivity index (χ2v) is 7.21. The molecule has 1 atom stereocenters. The summed E-state index contributed by atoms with van der Waals surface area (Å²) in [7, 11) is 1.30. The molecule has 1 unspecified atom stereocenters. The lowest BCUT2D eigenvalue weighted by Crippen LogP contribution is -2.38. The molecule has 0 radical (unpaired) electrons. The van der Waals surface area contributed by atoms with Gasteiger partial charge < -0.3 is 14.5 Å². The number of nitrogens with zero attached hydrogens (tertiary/aromatic N) is 2. The quantitative estimate of drug-likeness (QED) is 0.758. The molecule has 0 saturated carbocycles. The van der Waals surface area contributed by atoms with Gasteiger partial charge in [0.15, 0.2) is 0 Å². The van der Waals surface area contributed by atoms with Gasteiger partial charge in [0, 0.05) is 26.1 Å². The molecule has 1 aromatic carbocycles. The average Bonchev–Trinajstić information content (AvgIpc) is 2.85. The first-order valence-corrected chi connectivity index (χ1v) is 9.36. The third-order valence-corrected chi connectivity index (χ3v) is 5.37. The van der Waals surface area contributed by atoms with Crippen LogP contribution in [-0.2, 0) is 14.3 Å². The van der Waals surface area contributed by atoms with Gasteiger partial charge in [-0.25, -0.2) is 4.79 Å². The highest BCUT2D eigenvalue weighted by atomic mass is 35.5. The standard InChI is InChI=1S/C19H23ClN2O4/c1-26-19(25)13-6-7-15(20)16(10-13)22-12-14(11-17(22)23)18(24)21-8-4-2-3-5-9-21/h6-7,10,14H,2-5,8-9,11-12H2,1H3. The fourth-order valence-corrected chi connectivity index (χ4v) is 3.84. The number of benzene rings is 1. The monoisotopic (exact) mass is 378 g/mol. The molecule has 0 aliphatic carbocycles. The SMILES string of the molecule is COC(=O)c1ccc(Cl)c(N2CC(C(=O)N3CCCCCC3)CC2=O)c1. The topological polar surface area (TPSA) is 66.9 Å². The Labute approximate surface area is 158 Å². The lowest BCUT2D eigenvalue weighted by atomic mass is 10.1. The molecule has 2 heterocycles. The molecule has 2 aliphatic heterocycles. The van der Waals surface area contributed by atoms with Gasteiger partial charge in [-0.15, -0.1) is 0 Å². The molecule has 1 aromatic rings. The zero-order valence-corrected chi connectivity index (χ0v) is 15.6. The van der Waals surface area contributed by atoms with Crippen molar-refractivity contribution in [1.82, 2.24) is 4.90 Å². The molecule has 0 aromatic heterocycles. The van der Waals surface area contributed by atoms with E-state index in [1.807, 2.05) is 4.90 Å². The van der Waals surface area contributed by atoms with Crippen molar-refractivity contribution in [1.29, 1.82) is 0 Å². The summed E-state index contributed by atoms with van der Waals surface area (Å²) >= 11 is 6.25. The maximum absolute atomic E-state index is 12.8. The Morgan fingerprint density at radius 1 is 1.15 bits per heavy atom. The van der Waals surface area contributed by atoms with E-state index in [0.717, 1.165) is 38.8 Å². The van der Waals surface area contributed by atoms with Crippen LogP contribution in [0.1, 0.15) is 42.5 Å². The molecule has 26 heavy (non-hydrogen) atoms. The van der Waals surface area contributed by atoms with Crippen molar-refractivity contribution in [2.24, 2.45) is 5.92 Å². The van der Waals surface area contributed by atoms with Crippen LogP contribution in [0.15, 0.2) is 18.2 Å². The van der Waals surface area contributed by atoms with E-state index < -0.39 is 5.97 Å². The Morgan fingerprint density at radius 3 is 2.50 bits per heavy atom. The lowest BCUT2D eigenvalue weighted by molar-refractivity contribution is -0.135. The largest absolute Gasteiger partial charge is 0.465 e. The normalized spacial score (nSPS) is 20.8. The molecule has 6 nitrogen and oxygen atoms in total. The molecule has 2 amide bonds. The van der Waals surface area contributed by atoms with Crippen molar-refractivity contribution in [2.45, 2.75) is 32.1 Å². The fraction of sp³-hybridized carbons (Fsp3) is 0.526. The Bertz CT molecular complexity index is 713. The van der Waals surface area contributed by atoms with Crippen LogP contribution in [0.2, 0.25) is 5.02 Å². The highest BCUT2D eigenvalue weighted by molar-refractivity contribution is 6.34. The molecule has 140 valence electrons. The minimum absolute atomic E-state index is 0.0444. The number of likely N-dealkylation sites (tertiary alicyclic amines) is 1. The van der Waals surface area contributed by atoms with Crippen LogP contribution >= 0.6 is 11.6 Å². The predicted octanol–water partition coefficient (Wildman–Crippen LogP) is 2.88. The van der Waals surface area contributed by atoms with Crippen LogP contribution in [0.25, 0.3) is 0 Å². The van der Waals surface area contributed by atoms with E-state index in [2.05, 4.69) is 0 Å². The van der Waals surface area contributed by atoms with Crippen LogP contribution in [0.5, 0.6) is 0 Å². The third-order valence-electron chi connectivity index (χ3n) is 5.05. The van der Waals surface area contributed by atoms with Gasteiger partial charge in [-0.2, -0.15) is 0 Å². The second-order valence-electron chi connectivity index (χ2n) is 6.80. The molecule has 2 fully saturated rings. The number of halogens is 1. The van der Waals surface area contributed by atoms with Crippen molar-refractivity contribution in [3.63, 3.8) is 0 Å². The summed E-state index contributed by atoms with van der Waals surface area (Å²) in [5, 5.41) is 0.369. The predicted molar refractivity (Wildman–Crippen MR) is 98.3 cm³/mol. The summed E-state index contributed by atoms with van der Waals surface area (Å²) in [5.74, 6) is -0.963. The number of methoxy groups -OCH3 is 1. The van der Waals surface area contributed by atoms with Crippen LogP contribution < -0.4 is 4.90 Å². The number of carbonyl (C=O) groups is 3. The molecule has 0 bridgehead atoms. The van der Waals surface area contributed by atoms with E-state index in [-0.39, 0.29) is 24.2 Å². The van der Waals surface area contributed by atoms with Crippen molar-refractivity contribution in [3.05, 3.63) is 28.8 Å². The summed E-state index contributed by atoms with van der Waals surface area (Å²) < 4.78 is 4.72.